The maximum absolute atomic E-state index is 13.0. The van der Waals surface area contributed by atoms with Crippen LogP contribution in [-0.4, -0.2) is 16.6 Å². The molecule has 0 amide bonds. The maximum Gasteiger partial charge on any atom is 0.195 e. The fourth-order valence-corrected chi connectivity index (χ4v) is 3.00. The topological polar surface area (TPSA) is 49.9 Å². The van der Waals surface area contributed by atoms with Gasteiger partial charge >= 0.3 is 0 Å². The molecule has 3 aromatic rings. The highest BCUT2D eigenvalue weighted by Gasteiger charge is 2.23. The van der Waals surface area contributed by atoms with E-state index in [1.54, 1.807) is 6.92 Å². The molecule has 1 heterocycles. The van der Waals surface area contributed by atoms with Gasteiger partial charge in [-0.1, -0.05) is 49.4 Å². The van der Waals surface area contributed by atoms with E-state index in [4.69, 9.17) is 0 Å². The molecule has 0 saturated carbocycles. The molecule has 1 aromatic heterocycles. The molecular weight excluding hydrogens is 286 g/mol. The molecule has 23 heavy (non-hydrogen) atoms. The largest absolute Gasteiger partial charge is 0.358 e. The first-order valence-electron chi connectivity index (χ1n) is 7.72. The summed E-state index contributed by atoms with van der Waals surface area (Å²) in [4.78, 5) is 28.1. The lowest BCUT2D eigenvalue weighted by molar-refractivity contribution is -0.118. The van der Waals surface area contributed by atoms with Crippen LogP contribution < -0.4 is 0 Å². The summed E-state index contributed by atoms with van der Waals surface area (Å²) in [6, 6.07) is 15.0. The number of aromatic amines is 1. The molecule has 1 N–H and O–H groups in total. The number of fused-ring (bicyclic) bond motifs is 1. The molecule has 0 saturated heterocycles. The van der Waals surface area contributed by atoms with E-state index >= 15 is 0 Å². The van der Waals surface area contributed by atoms with Crippen LogP contribution >= 0.6 is 0 Å². The Bertz CT molecular complexity index is 891. The number of ketones is 2. The van der Waals surface area contributed by atoms with Crippen molar-refractivity contribution in [3.63, 3.8) is 0 Å². The third-order valence-electron chi connectivity index (χ3n) is 4.38. The van der Waals surface area contributed by atoms with Crippen molar-refractivity contribution >= 4 is 22.5 Å². The lowest BCUT2D eigenvalue weighted by Gasteiger charge is -2.11. The Morgan fingerprint density at radius 2 is 1.70 bits per heavy atom. The molecule has 0 aliphatic heterocycles. The molecule has 2 aromatic carbocycles. The van der Waals surface area contributed by atoms with Crippen LogP contribution in [0.1, 0.15) is 46.9 Å². The van der Waals surface area contributed by atoms with Crippen LogP contribution in [0.25, 0.3) is 10.9 Å². The third-order valence-corrected chi connectivity index (χ3v) is 4.38. The zero-order chi connectivity index (χ0) is 16.6. The van der Waals surface area contributed by atoms with Gasteiger partial charge in [0.15, 0.2) is 5.78 Å². The molecule has 3 heteroatoms. The first-order valence-corrected chi connectivity index (χ1v) is 7.72. The summed E-state index contributed by atoms with van der Waals surface area (Å²) in [6.07, 6.45) is 0. The van der Waals surface area contributed by atoms with Gasteiger partial charge in [0.1, 0.15) is 5.78 Å². The lowest BCUT2D eigenvalue weighted by atomic mass is 9.90. The third kappa shape index (κ3) is 2.59. The number of carbonyl (C=O) groups is 2. The highest BCUT2D eigenvalue weighted by molar-refractivity contribution is 6.18. The fourth-order valence-electron chi connectivity index (χ4n) is 3.00. The predicted octanol–water partition coefficient (Wildman–Crippen LogP) is 4.40. The number of hydrogen-bond acceptors (Lipinski definition) is 2. The average molecular weight is 305 g/mol. The van der Waals surface area contributed by atoms with Gasteiger partial charge in [-0.15, -0.1) is 0 Å². The van der Waals surface area contributed by atoms with Gasteiger partial charge in [0.05, 0.1) is 5.56 Å². The summed E-state index contributed by atoms with van der Waals surface area (Å²) in [5, 5.41) is 0.863. The number of hydrogen-bond donors (Lipinski definition) is 1. The predicted molar refractivity (Wildman–Crippen MR) is 92.0 cm³/mol. The number of nitrogens with one attached hydrogen (secondary N) is 1. The molecule has 0 aliphatic carbocycles. The van der Waals surface area contributed by atoms with Crippen LogP contribution in [0, 0.1) is 6.92 Å². The van der Waals surface area contributed by atoms with E-state index in [0.717, 1.165) is 22.2 Å². The van der Waals surface area contributed by atoms with E-state index in [2.05, 4.69) is 4.98 Å². The van der Waals surface area contributed by atoms with Crippen LogP contribution in [0.4, 0.5) is 0 Å². The van der Waals surface area contributed by atoms with E-state index in [1.807, 2.05) is 62.4 Å². The zero-order valence-electron chi connectivity index (χ0n) is 13.5. The fraction of sp³-hybridized carbons (Fsp3) is 0.200. The zero-order valence-corrected chi connectivity index (χ0v) is 13.5. The van der Waals surface area contributed by atoms with Gasteiger partial charge in [-0.25, -0.2) is 0 Å². The second-order valence-electron chi connectivity index (χ2n) is 5.92. The van der Waals surface area contributed by atoms with Crippen molar-refractivity contribution in [2.24, 2.45) is 0 Å². The Hall–Kier alpha value is -2.68. The second-order valence-corrected chi connectivity index (χ2v) is 5.92. The number of benzene rings is 2. The Kier molecular flexibility index (Phi) is 3.87. The van der Waals surface area contributed by atoms with Crippen LogP contribution in [-0.2, 0) is 4.79 Å². The SMILES string of the molecule is CC(=O)C(C)c1cccc2[nH]c(C)c(C(=O)c3ccccc3)c12. The molecule has 3 rings (SSSR count). The molecule has 3 nitrogen and oxygen atoms in total. The first-order chi connectivity index (χ1) is 11.0. The first kappa shape index (κ1) is 15.2. The van der Waals surface area contributed by atoms with Gasteiger partial charge in [-0.05, 0) is 25.5 Å². The lowest BCUT2D eigenvalue weighted by Crippen LogP contribution is -2.07. The number of rotatable bonds is 4. The molecule has 0 bridgehead atoms. The van der Waals surface area contributed by atoms with Gasteiger partial charge in [0.2, 0.25) is 0 Å². The van der Waals surface area contributed by atoms with Gasteiger partial charge in [0.25, 0.3) is 0 Å². The summed E-state index contributed by atoms with van der Waals surface area (Å²) in [5.41, 5.74) is 3.94. The highest BCUT2D eigenvalue weighted by atomic mass is 16.1. The number of aryl methyl sites for hydroxylation is 1. The maximum atomic E-state index is 13.0. The standard InChI is InChI=1S/C20H19NO2/c1-12(14(3)22)16-10-7-11-17-19(16)18(13(2)21-17)20(23)15-8-5-4-6-9-15/h4-12,21H,1-3H3. The van der Waals surface area contributed by atoms with Gasteiger partial charge in [-0.3, -0.25) is 9.59 Å². The van der Waals surface area contributed by atoms with Crippen LogP contribution in [0.3, 0.4) is 0 Å². The summed E-state index contributed by atoms with van der Waals surface area (Å²) in [7, 11) is 0. The molecular formula is C20H19NO2. The highest BCUT2D eigenvalue weighted by Crippen LogP contribution is 2.32. The van der Waals surface area contributed by atoms with Gasteiger partial charge < -0.3 is 4.98 Å². The van der Waals surface area contributed by atoms with E-state index in [-0.39, 0.29) is 17.5 Å². The van der Waals surface area contributed by atoms with Crippen molar-refractivity contribution in [3.05, 3.63) is 70.9 Å². The minimum absolute atomic E-state index is 0.0162. The van der Waals surface area contributed by atoms with E-state index in [0.29, 0.717) is 11.1 Å². The monoisotopic (exact) mass is 305 g/mol. The van der Waals surface area contributed by atoms with Gasteiger partial charge in [-0.2, -0.15) is 0 Å². The molecule has 0 aliphatic rings. The number of H-pyrrole nitrogens is 1. The van der Waals surface area contributed by atoms with Crippen LogP contribution in [0.2, 0.25) is 0 Å². The van der Waals surface area contributed by atoms with Crippen molar-refractivity contribution in [1.29, 1.82) is 0 Å². The van der Waals surface area contributed by atoms with Gasteiger partial charge in [0, 0.05) is 28.1 Å². The number of aromatic nitrogens is 1. The van der Waals surface area contributed by atoms with Crippen molar-refractivity contribution in [1.82, 2.24) is 4.98 Å². The smallest absolute Gasteiger partial charge is 0.195 e. The number of Topliss-reactive ketones (excluding diaryl/α,β-unsaturated/α-hetero) is 1. The molecule has 0 radical (unpaired) electrons. The average Bonchev–Trinajstić information content (AvgIpc) is 2.90. The minimum atomic E-state index is -0.240. The quantitative estimate of drug-likeness (QED) is 0.726. The second kappa shape index (κ2) is 5.84. The Morgan fingerprint density at radius 1 is 1.00 bits per heavy atom. The van der Waals surface area contributed by atoms with E-state index < -0.39 is 0 Å². The van der Waals surface area contributed by atoms with Crippen LogP contribution in [0.5, 0.6) is 0 Å². The minimum Gasteiger partial charge on any atom is -0.358 e. The summed E-state index contributed by atoms with van der Waals surface area (Å²) >= 11 is 0. The molecule has 0 fully saturated rings. The Morgan fingerprint density at radius 3 is 2.35 bits per heavy atom. The summed E-state index contributed by atoms with van der Waals surface area (Å²) < 4.78 is 0. The van der Waals surface area contributed by atoms with Crippen molar-refractivity contribution < 1.29 is 9.59 Å². The molecule has 1 atom stereocenters. The van der Waals surface area contributed by atoms with Crippen LogP contribution in [0.15, 0.2) is 48.5 Å². The van der Waals surface area contributed by atoms with E-state index in [1.165, 1.54) is 0 Å². The van der Waals surface area contributed by atoms with Crippen molar-refractivity contribution in [3.8, 4) is 0 Å². The molecule has 1 unspecified atom stereocenters. The summed E-state index contributed by atoms with van der Waals surface area (Å²) in [6.45, 7) is 5.37. The normalized spacial score (nSPS) is 12.3. The van der Waals surface area contributed by atoms with Crippen molar-refractivity contribution in [2.75, 3.05) is 0 Å². The Balaban J connectivity index is 2.27. The Labute approximate surface area is 135 Å². The van der Waals surface area contributed by atoms with Crippen molar-refractivity contribution in [2.45, 2.75) is 26.7 Å². The number of carbonyl (C=O) groups excluding carboxylic acids is 2. The molecule has 0 spiro atoms. The van der Waals surface area contributed by atoms with E-state index in [9.17, 15) is 9.59 Å². The summed E-state index contributed by atoms with van der Waals surface area (Å²) in [5.74, 6) is -0.164. The molecule has 116 valence electrons.